The third-order valence-corrected chi connectivity index (χ3v) is 5.97. The summed E-state index contributed by atoms with van der Waals surface area (Å²) in [6.07, 6.45) is 0.685. The molecule has 0 aliphatic carbocycles. The zero-order valence-electron chi connectivity index (χ0n) is 13.3. The lowest BCUT2D eigenvalue weighted by atomic mass is 9.81. The summed E-state index contributed by atoms with van der Waals surface area (Å²) in [6.45, 7) is 5.35. The minimum absolute atomic E-state index is 0. The average molecular weight is 349 g/mol. The number of halogens is 1. The molecule has 7 heteroatoms. The average Bonchev–Trinajstić information content (AvgIpc) is 2.42. The van der Waals surface area contributed by atoms with Crippen LogP contribution in [0, 0.1) is 5.41 Å². The SMILES string of the molecule is COCc1cccc(S(=O)(=O)N2CCC(N)C(C)(C)C2)c1.Cl. The molecular weight excluding hydrogens is 324 g/mol. The molecule has 0 radical (unpaired) electrons. The fourth-order valence-electron chi connectivity index (χ4n) is 2.64. The van der Waals surface area contributed by atoms with Crippen LogP contribution in [0.1, 0.15) is 25.8 Å². The third kappa shape index (κ3) is 4.00. The van der Waals surface area contributed by atoms with Crippen molar-refractivity contribution < 1.29 is 13.2 Å². The fourth-order valence-corrected chi connectivity index (χ4v) is 4.34. The maximum Gasteiger partial charge on any atom is 0.243 e. The second kappa shape index (κ2) is 7.27. The molecule has 0 amide bonds. The van der Waals surface area contributed by atoms with Gasteiger partial charge in [-0.1, -0.05) is 26.0 Å². The highest BCUT2D eigenvalue weighted by molar-refractivity contribution is 7.89. The maximum atomic E-state index is 12.8. The molecule has 5 nitrogen and oxygen atoms in total. The minimum Gasteiger partial charge on any atom is -0.380 e. The van der Waals surface area contributed by atoms with Crippen molar-refractivity contribution in [3.63, 3.8) is 0 Å². The number of hydrogen-bond donors (Lipinski definition) is 1. The van der Waals surface area contributed by atoms with Gasteiger partial charge in [-0.25, -0.2) is 8.42 Å². The largest absolute Gasteiger partial charge is 0.380 e. The van der Waals surface area contributed by atoms with E-state index in [1.165, 1.54) is 0 Å². The first-order valence-electron chi connectivity index (χ1n) is 7.11. The number of rotatable bonds is 4. The molecule has 1 unspecified atom stereocenters. The molecule has 126 valence electrons. The van der Waals surface area contributed by atoms with E-state index in [9.17, 15) is 8.42 Å². The fraction of sp³-hybridized carbons (Fsp3) is 0.600. The van der Waals surface area contributed by atoms with Gasteiger partial charge in [0.1, 0.15) is 0 Å². The molecule has 0 bridgehead atoms. The molecule has 22 heavy (non-hydrogen) atoms. The van der Waals surface area contributed by atoms with Crippen molar-refractivity contribution in [2.75, 3.05) is 20.2 Å². The van der Waals surface area contributed by atoms with Crippen molar-refractivity contribution in [2.45, 2.75) is 37.8 Å². The van der Waals surface area contributed by atoms with Gasteiger partial charge in [-0.15, -0.1) is 12.4 Å². The van der Waals surface area contributed by atoms with E-state index in [4.69, 9.17) is 10.5 Å². The summed E-state index contributed by atoms with van der Waals surface area (Å²) in [7, 11) is -1.88. The predicted octanol–water partition coefficient (Wildman–Crippen LogP) is 2.00. The number of hydrogen-bond acceptors (Lipinski definition) is 4. The lowest BCUT2D eigenvalue weighted by Gasteiger charge is -2.41. The van der Waals surface area contributed by atoms with Crippen LogP contribution < -0.4 is 5.73 Å². The normalized spacial score (nSPS) is 22.1. The van der Waals surface area contributed by atoms with Crippen LogP contribution in [0.5, 0.6) is 0 Å². The van der Waals surface area contributed by atoms with Crippen molar-refractivity contribution in [3.05, 3.63) is 29.8 Å². The number of sulfonamides is 1. The van der Waals surface area contributed by atoms with Crippen molar-refractivity contribution >= 4 is 22.4 Å². The van der Waals surface area contributed by atoms with Crippen LogP contribution in [0.15, 0.2) is 29.2 Å². The van der Waals surface area contributed by atoms with E-state index in [0.717, 1.165) is 5.56 Å². The van der Waals surface area contributed by atoms with Gasteiger partial charge in [0.2, 0.25) is 10.0 Å². The molecule has 0 spiro atoms. The van der Waals surface area contributed by atoms with Crippen LogP contribution in [0.25, 0.3) is 0 Å². The number of nitrogens with zero attached hydrogens (tertiary/aromatic N) is 1. The molecule has 0 aromatic heterocycles. The van der Waals surface area contributed by atoms with Crippen LogP contribution in [0.2, 0.25) is 0 Å². The summed E-state index contributed by atoms with van der Waals surface area (Å²) in [5, 5.41) is 0. The lowest BCUT2D eigenvalue weighted by Crippen LogP contribution is -2.53. The molecule has 1 aromatic carbocycles. The first kappa shape index (κ1) is 19.4. The van der Waals surface area contributed by atoms with Gasteiger partial charge in [0.25, 0.3) is 0 Å². The van der Waals surface area contributed by atoms with E-state index >= 15 is 0 Å². The summed E-state index contributed by atoms with van der Waals surface area (Å²) in [5.74, 6) is 0. The number of methoxy groups -OCH3 is 1. The Balaban J connectivity index is 0.00000242. The third-order valence-electron chi connectivity index (χ3n) is 4.12. The molecule has 2 rings (SSSR count). The van der Waals surface area contributed by atoms with Gasteiger partial charge in [0, 0.05) is 26.2 Å². The van der Waals surface area contributed by atoms with Crippen LogP contribution in [0.4, 0.5) is 0 Å². The molecule has 0 saturated carbocycles. The second-order valence-electron chi connectivity index (χ2n) is 6.30. The van der Waals surface area contributed by atoms with Crippen LogP contribution >= 0.6 is 12.4 Å². The molecule has 1 atom stereocenters. The van der Waals surface area contributed by atoms with Crippen LogP contribution in [0.3, 0.4) is 0 Å². The summed E-state index contributed by atoms with van der Waals surface area (Å²) in [4.78, 5) is 0.323. The van der Waals surface area contributed by atoms with E-state index in [1.54, 1.807) is 29.6 Å². The molecule has 1 saturated heterocycles. The molecule has 1 heterocycles. The Morgan fingerprint density at radius 2 is 2.09 bits per heavy atom. The number of nitrogens with two attached hydrogens (primary N) is 1. The van der Waals surface area contributed by atoms with Gasteiger partial charge in [-0.3, -0.25) is 0 Å². The van der Waals surface area contributed by atoms with Gasteiger partial charge >= 0.3 is 0 Å². The standard InChI is InChI=1S/C15H24N2O3S.ClH/c1-15(2)11-17(8-7-14(15)16)21(18,19)13-6-4-5-12(9-13)10-20-3;/h4-6,9,14H,7-8,10-11,16H2,1-3H3;1H. The zero-order chi connectivity index (χ0) is 15.7. The van der Waals surface area contributed by atoms with Crippen molar-refractivity contribution in [1.29, 1.82) is 0 Å². The molecule has 1 aromatic rings. The number of piperidine rings is 1. The Morgan fingerprint density at radius 3 is 2.68 bits per heavy atom. The van der Waals surface area contributed by atoms with E-state index < -0.39 is 10.0 Å². The lowest BCUT2D eigenvalue weighted by molar-refractivity contribution is 0.155. The van der Waals surface area contributed by atoms with Gasteiger partial charge in [0.15, 0.2) is 0 Å². The van der Waals surface area contributed by atoms with Gasteiger partial charge in [-0.2, -0.15) is 4.31 Å². The quantitative estimate of drug-likeness (QED) is 0.903. The van der Waals surface area contributed by atoms with Crippen LogP contribution in [-0.4, -0.2) is 39.0 Å². The Morgan fingerprint density at radius 1 is 1.41 bits per heavy atom. The Bertz CT molecular complexity index is 605. The first-order valence-corrected chi connectivity index (χ1v) is 8.55. The summed E-state index contributed by atoms with van der Waals surface area (Å²) >= 11 is 0. The Hall–Kier alpha value is -0.660. The second-order valence-corrected chi connectivity index (χ2v) is 8.24. The molecular formula is C15H25ClN2O3S. The highest BCUT2D eigenvalue weighted by Crippen LogP contribution is 2.31. The number of benzene rings is 1. The first-order chi connectivity index (χ1) is 9.77. The molecule has 1 aliphatic rings. The Labute approximate surface area is 139 Å². The predicted molar refractivity (Wildman–Crippen MR) is 89.5 cm³/mol. The topological polar surface area (TPSA) is 72.6 Å². The van der Waals surface area contributed by atoms with E-state index in [0.29, 0.717) is 31.0 Å². The summed E-state index contributed by atoms with van der Waals surface area (Å²) in [5.41, 5.74) is 6.72. The highest BCUT2D eigenvalue weighted by atomic mass is 35.5. The minimum atomic E-state index is -3.48. The van der Waals surface area contributed by atoms with Crippen molar-refractivity contribution in [2.24, 2.45) is 11.1 Å². The van der Waals surface area contributed by atoms with E-state index in [1.807, 2.05) is 19.9 Å². The Kier molecular flexibility index (Phi) is 6.41. The molecule has 1 aliphatic heterocycles. The van der Waals surface area contributed by atoms with Gasteiger partial charge in [0.05, 0.1) is 11.5 Å². The maximum absolute atomic E-state index is 12.8. The monoisotopic (exact) mass is 348 g/mol. The van der Waals surface area contributed by atoms with Crippen LogP contribution in [-0.2, 0) is 21.4 Å². The van der Waals surface area contributed by atoms with Crippen molar-refractivity contribution in [3.8, 4) is 0 Å². The number of ether oxygens (including phenoxy) is 1. The highest BCUT2D eigenvalue weighted by Gasteiger charge is 2.38. The molecule has 1 fully saturated rings. The summed E-state index contributed by atoms with van der Waals surface area (Å²) in [6, 6.07) is 6.96. The van der Waals surface area contributed by atoms with Gasteiger partial charge in [-0.05, 0) is 29.5 Å². The van der Waals surface area contributed by atoms with E-state index in [2.05, 4.69) is 0 Å². The van der Waals surface area contributed by atoms with E-state index in [-0.39, 0.29) is 23.9 Å². The zero-order valence-corrected chi connectivity index (χ0v) is 14.9. The van der Waals surface area contributed by atoms with Crippen molar-refractivity contribution in [1.82, 2.24) is 4.31 Å². The molecule has 2 N–H and O–H groups in total. The summed E-state index contributed by atoms with van der Waals surface area (Å²) < 4.78 is 32.2. The smallest absolute Gasteiger partial charge is 0.243 e. The van der Waals surface area contributed by atoms with Gasteiger partial charge < -0.3 is 10.5 Å².